The van der Waals surface area contributed by atoms with Crippen molar-refractivity contribution in [3.05, 3.63) is 0 Å². The number of rotatable bonds is 17. The highest BCUT2D eigenvalue weighted by Crippen LogP contribution is 2.35. The molecule has 300 valence electrons. The monoisotopic (exact) mass is 751 g/mol. The van der Waals surface area contributed by atoms with E-state index in [0.29, 0.717) is 0 Å². The fraction of sp³-hybridized carbons (Fsp3) is 0.966. The first-order chi connectivity index (χ1) is 23.8. The Morgan fingerprint density at radius 3 is 1.86 bits per heavy atom. The van der Waals surface area contributed by atoms with Crippen molar-refractivity contribution in [1.82, 2.24) is 0 Å². The Labute approximate surface area is 291 Å². The molecule has 16 N–H and O–H groups in total. The summed E-state index contributed by atoms with van der Waals surface area (Å²) in [6.07, 6.45) is -28.3. The summed E-state index contributed by atoms with van der Waals surface area (Å²) in [5.41, 5.74) is 5.75. The molecule has 3 aliphatic rings. The van der Waals surface area contributed by atoms with Gasteiger partial charge in [0.05, 0.1) is 50.8 Å². The summed E-state index contributed by atoms with van der Waals surface area (Å²) in [5, 5.41) is 142. The van der Waals surface area contributed by atoms with Crippen molar-refractivity contribution in [3.8, 4) is 0 Å². The average Bonchev–Trinajstić information content (AvgIpc) is 3.09. The highest BCUT2D eigenvalue weighted by atomic mass is 16.7. The van der Waals surface area contributed by atoms with Gasteiger partial charge >= 0.3 is 5.97 Å². The summed E-state index contributed by atoms with van der Waals surface area (Å²) in [6, 6.07) is -1.42. The molecule has 3 saturated heterocycles. The number of aliphatic carboxylic acids is 1. The predicted octanol–water partition coefficient (Wildman–Crippen LogP) is -8.25. The molecule has 7 unspecified atom stereocenters. The second kappa shape index (κ2) is 18.8. The number of aliphatic hydroxyl groups excluding tert-OH is 12. The first kappa shape index (κ1) is 44.1. The van der Waals surface area contributed by atoms with Crippen molar-refractivity contribution in [3.63, 3.8) is 0 Å². The molecule has 3 heterocycles. The standard InChI is InChI=1S/C29H53NO21/c1-9-18(37)25(16(7-33)48-26(9)50-24-10(2)47-15(6-32)19(38)22(24)41)51-27-23(42)21(40)20(39)17(49-27)8-46-29(45,28(43)44)4-13(35)11(30)3-12(34)14(36)5-31/h9-27,31-42,45H,3-8,30H2,1-2H3,(H,43,44)/t9?,10-,11+,12+,13-,14?,15?,16+,17?,18?,19-,20+,21?,22?,23+,24+,25-,26+,27+,29+/m1/s1. The quantitative estimate of drug-likeness (QED) is 0.0613. The Balaban J connectivity index is 1.68. The number of nitrogens with two attached hydrogens (primary N) is 1. The lowest BCUT2D eigenvalue weighted by molar-refractivity contribution is -0.367. The summed E-state index contributed by atoms with van der Waals surface area (Å²) < 4.78 is 33.4. The van der Waals surface area contributed by atoms with Gasteiger partial charge in [-0.3, -0.25) is 0 Å². The van der Waals surface area contributed by atoms with Crippen LogP contribution in [0, 0.1) is 5.92 Å². The van der Waals surface area contributed by atoms with Gasteiger partial charge in [-0.2, -0.15) is 0 Å². The van der Waals surface area contributed by atoms with Crippen LogP contribution >= 0.6 is 0 Å². The molecule has 3 fully saturated rings. The molecule has 51 heavy (non-hydrogen) atoms. The van der Waals surface area contributed by atoms with Crippen LogP contribution in [0.4, 0.5) is 0 Å². The summed E-state index contributed by atoms with van der Waals surface area (Å²) in [6.45, 7) is -0.267. The lowest BCUT2D eigenvalue weighted by Crippen LogP contribution is -2.65. The molecule has 3 aliphatic heterocycles. The average molecular weight is 752 g/mol. The summed E-state index contributed by atoms with van der Waals surface area (Å²) in [4.78, 5) is 11.9. The van der Waals surface area contributed by atoms with E-state index in [1.54, 1.807) is 0 Å². The molecule has 0 spiro atoms. The van der Waals surface area contributed by atoms with Gasteiger partial charge in [0.25, 0.3) is 5.79 Å². The Morgan fingerprint density at radius 2 is 1.29 bits per heavy atom. The first-order valence-corrected chi connectivity index (χ1v) is 16.4. The normalized spacial score (nSPS) is 42.8. The van der Waals surface area contributed by atoms with Gasteiger partial charge in [0.1, 0.15) is 67.1 Å². The van der Waals surface area contributed by atoms with Crippen LogP contribution in [0.5, 0.6) is 0 Å². The number of hydrogen-bond donors (Lipinski definition) is 15. The lowest BCUT2D eigenvalue weighted by Gasteiger charge is -2.48. The van der Waals surface area contributed by atoms with Gasteiger partial charge in [0.15, 0.2) is 12.6 Å². The first-order valence-electron chi connectivity index (χ1n) is 16.4. The third-order valence-electron chi connectivity index (χ3n) is 9.46. The number of carbonyl (C=O) groups is 1. The Kier molecular flexibility index (Phi) is 16.3. The van der Waals surface area contributed by atoms with Gasteiger partial charge in [-0.1, -0.05) is 6.92 Å². The maximum absolute atomic E-state index is 11.9. The maximum atomic E-state index is 11.9. The molecule has 0 aromatic carbocycles. The maximum Gasteiger partial charge on any atom is 0.364 e. The zero-order valence-electron chi connectivity index (χ0n) is 27.9. The van der Waals surface area contributed by atoms with Crippen molar-refractivity contribution < 1.29 is 105 Å². The van der Waals surface area contributed by atoms with Crippen LogP contribution in [0.3, 0.4) is 0 Å². The van der Waals surface area contributed by atoms with Crippen LogP contribution in [0.1, 0.15) is 26.7 Å². The third kappa shape index (κ3) is 10.3. The highest BCUT2D eigenvalue weighted by Gasteiger charge is 2.53. The van der Waals surface area contributed by atoms with Crippen molar-refractivity contribution in [2.45, 2.75) is 143 Å². The van der Waals surface area contributed by atoms with E-state index in [-0.39, 0.29) is 0 Å². The van der Waals surface area contributed by atoms with E-state index < -0.39 is 167 Å². The highest BCUT2D eigenvalue weighted by molar-refractivity contribution is 5.75. The van der Waals surface area contributed by atoms with Crippen molar-refractivity contribution in [2.75, 3.05) is 26.4 Å². The van der Waals surface area contributed by atoms with E-state index in [9.17, 15) is 71.2 Å². The molecule has 0 amide bonds. The summed E-state index contributed by atoms with van der Waals surface area (Å²) in [5.74, 6) is -6.20. The summed E-state index contributed by atoms with van der Waals surface area (Å²) >= 11 is 0. The Hall–Kier alpha value is -1.33. The second-order valence-corrected chi connectivity index (χ2v) is 13.2. The van der Waals surface area contributed by atoms with Crippen LogP contribution in [0.2, 0.25) is 0 Å². The van der Waals surface area contributed by atoms with Crippen LogP contribution in [0.15, 0.2) is 0 Å². The number of ether oxygens (including phenoxy) is 6. The van der Waals surface area contributed by atoms with Crippen molar-refractivity contribution in [1.29, 1.82) is 0 Å². The van der Waals surface area contributed by atoms with Gasteiger partial charge in [-0.25, -0.2) is 4.79 Å². The molecule has 3 rings (SSSR count). The minimum Gasteiger partial charge on any atom is -0.477 e. The Bertz CT molecular complexity index is 1080. The lowest BCUT2D eigenvalue weighted by atomic mass is 9.91. The largest absolute Gasteiger partial charge is 0.477 e. The minimum absolute atomic E-state index is 0.520. The van der Waals surface area contributed by atoms with Crippen LogP contribution in [0.25, 0.3) is 0 Å². The Morgan fingerprint density at radius 1 is 0.725 bits per heavy atom. The number of carboxylic acids is 1. The number of aliphatic hydroxyl groups is 13. The molecule has 0 radical (unpaired) electrons. The van der Waals surface area contributed by atoms with E-state index in [1.807, 2.05) is 0 Å². The van der Waals surface area contributed by atoms with Gasteiger partial charge in [0, 0.05) is 18.4 Å². The molecule has 22 nitrogen and oxygen atoms in total. The smallest absolute Gasteiger partial charge is 0.364 e. The molecule has 0 bridgehead atoms. The van der Waals surface area contributed by atoms with E-state index in [0.717, 1.165) is 0 Å². The van der Waals surface area contributed by atoms with E-state index in [1.165, 1.54) is 13.8 Å². The molecule has 0 aromatic heterocycles. The van der Waals surface area contributed by atoms with E-state index in [2.05, 4.69) is 0 Å². The molecule has 0 aliphatic carbocycles. The van der Waals surface area contributed by atoms with E-state index >= 15 is 0 Å². The van der Waals surface area contributed by atoms with Gasteiger partial charge in [-0.15, -0.1) is 0 Å². The van der Waals surface area contributed by atoms with Crippen LogP contribution in [-0.4, -0.2) is 220 Å². The molecular weight excluding hydrogens is 698 g/mol. The zero-order valence-corrected chi connectivity index (χ0v) is 27.9. The molecular formula is C29H53NO21. The molecule has 20 atom stereocenters. The van der Waals surface area contributed by atoms with Crippen LogP contribution < -0.4 is 5.73 Å². The minimum atomic E-state index is -3.19. The second-order valence-electron chi connectivity index (χ2n) is 13.2. The van der Waals surface area contributed by atoms with E-state index in [4.69, 9.17) is 39.3 Å². The van der Waals surface area contributed by atoms with Crippen molar-refractivity contribution >= 4 is 5.97 Å². The van der Waals surface area contributed by atoms with Gasteiger partial charge in [0.2, 0.25) is 0 Å². The van der Waals surface area contributed by atoms with Gasteiger partial charge < -0.3 is 106 Å². The number of carboxylic acid groups (broad SMARTS) is 1. The van der Waals surface area contributed by atoms with Crippen LogP contribution in [-0.2, 0) is 33.2 Å². The summed E-state index contributed by atoms with van der Waals surface area (Å²) in [7, 11) is 0. The zero-order chi connectivity index (χ0) is 38.5. The molecule has 22 heteroatoms. The molecule has 0 aromatic rings. The predicted molar refractivity (Wildman–Crippen MR) is 162 cm³/mol. The van der Waals surface area contributed by atoms with Crippen molar-refractivity contribution in [2.24, 2.45) is 11.7 Å². The third-order valence-corrected chi connectivity index (χ3v) is 9.46. The topological polar surface area (TPSA) is 382 Å². The van der Waals surface area contributed by atoms with Gasteiger partial charge in [-0.05, 0) is 13.3 Å². The SMILES string of the molecule is CC1C(O)[C@H](O[C@@H]2OC(CO[C@@](O)(C[C@@H](O)[C@@H](N)C[C@H](O)C(O)CO)C(=O)O)[C@H](O)C(O)[C@@H]2O)[C@H](CO)O[C@H]1O[C@@H]1C(O)[C@H](O)C(CO)O[C@@H]1C. The number of hydrogen-bond acceptors (Lipinski definition) is 21. The fourth-order valence-corrected chi connectivity index (χ4v) is 6.05. The molecule has 0 saturated carbocycles. The fourth-order valence-electron chi connectivity index (χ4n) is 6.05.